The van der Waals surface area contributed by atoms with Crippen molar-refractivity contribution in [2.45, 2.75) is 13.0 Å². The van der Waals surface area contributed by atoms with Crippen molar-refractivity contribution in [3.05, 3.63) is 54.6 Å². The third-order valence-corrected chi connectivity index (χ3v) is 2.75. The van der Waals surface area contributed by atoms with Crippen LogP contribution in [0.25, 0.3) is 11.1 Å². The van der Waals surface area contributed by atoms with E-state index >= 15 is 0 Å². The van der Waals surface area contributed by atoms with E-state index < -0.39 is 12.0 Å². The zero-order chi connectivity index (χ0) is 13.0. The topological polar surface area (TPSA) is 49.3 Å². The first-order chi connectivity index (χ1) is 8.66. The molecule has 0 aromatic heterocycles. The van der Waals surface area contributed by atoms with Crippen molar-refractivity contribution in [3.8, 4) is 11.1 Å². The van der Waals surface area contributed by atoms with Gasteiger partial charge in [-0.15, -0.1) is 12.4 Å². The lowest BCUT2D eigenvalue weighted by Crippen LogP contribution is -2.25. The van der Waals surface area contributed by atoms with Gasteiger partial charge in [0.25, 0.3) is 0 Å². The second-order valence-electron chi connectivity index (χ2n) is 4.15. The molecule has 0 saturated heterocycles. The number of carboxylic acid groups (broad SMARTS) is 1. The number of hydrogen-bond acceptors (Lipinski definition) is 2. The van der Waals surface area contributed by atoms with Gasteiger partial charge in [0.1, 0.15) is 6.04 Å². The Bertz CT molecular complexity index is 526. The summed E-state index contributed by atoms with van der Waals surface area (Å²) in [5.41, 5.74) is 3.07. The standard InChI is InChI=1S/C15H15NO2.ClH/c1-11(15(17)18)16-14-9-7-13(8-10-14)12-5-3-2-4-6-12;/h2-11,16H,1H3,(H,17,18);1H/t11-;/m0./s1. The second kappa shape index (κ2) is 6.81. The molecule has 2 aromatic rings. The maximum absolute atomic E-state index is 10.7. The second-order valence-corrected chi connectivity index (χ2v) is 4.15. The molecule has 0 spiro atoms. The average Bonchev–Trinajstić information content (AvgIpc) is 2.40. The number of hydrogen-bond donors (Lipinski definition) is 2. The summed E-state index contributed by atoms with van der Waals surface area (Å²) in [7, 11) is 0. The molecule has 2 aromatic carbocycles. The van der Waals surface area contributed by atoms with E-state index in [0.717, 1.165) is 16.8 Å². The Morgan fingerprint density at radius 1 is 1.00 bits per heavy atom. The highest BCUT2D eigenvalue weighted by atomic mass is 35.5. The number of benzene rings is 2. The lowest BCUT2D eigenvalue weighted by atomic mass is 10.1. The van der Waals surface area contributed by atoms with Gasteiger partial charge in [0, 0.05) is 5.69 Å². The molecule has 0 radical (unpaired) electrons. The highest BCUT2D eigenvalue weighted by molar-refractivity contribution is 5.85. The van der Waals surface area contributed by atoms with E-state index in [4.69, 9.17) is 5.11 Å². The molecule has 0 aliphatic rings. The molecule has 0 heterocycles. The van der Waals surface area contributed by atoms with Crippen molar-refractivity contribution < 1.29 is 9.90 Å². The minimum Gasteiger partial charge on any atom is -0.480 e. The van der Waals surface area contributed by atoms with Crippen molar-refractivity contribution >= 4 is 24.1 Å². The van der Waals surface area contributed by atoms with Crippen LogP contribution in [0, 0.1) is 0 Å². The van der Waals surface area contributed by atoms with Crippen LogP contribution < -0.4 is 5.32 Å². The van der Waals surface area contributed by atoms with E-state index in [1.165, 1.54) is 0 Å². The van der Waals surface area contributed by atoms with Crippen LogP contribution in [0.15, 0.2) is 54.6 Å². The first kappa shape index (κ1) is 15.1. The van der Waals surface area contributed by atoms with Gasteiger partial charge in [0.15, 0.2) is 0 Å². The maximum atomic E-state index is 10.7. The van der Waals surface area contributed by atoms with E-state index in [0.29, 0.717) is 0 Å². The van der Waals surface area contributed by atoms with Gasteiger partial charge >= 0.3 is 5.97 Å². The van der Waals surface area contributed by atoms with Gasteiger partial charge < -0.3 is 10.4 Å². The molecule has 0 fully saturated rings. The smallest absolute Gasteiger partial charge is 0.325 e. The van der Waals surface area contributed by atoms with Crippen LogP contribution in [0.1, 0.15) is 6.92 Å². The van der Waals surface area contributed by atoms with Crippen molar-refractivity contribution in [3.63, 3.8) is 0 Å². The fourth-order valence-corrected chi connectivity index (χ4v) is 1.70. The molecule has 3 nitrogen and oxygen atoms in total. The van der Waals surface area contributed by atoms with E-state index in [2.05, 4.69) is 5.32 Å². The Hall–Kier alpha value is -2.00. The highest BCUT2D eigenvalue weighted by Gasteiger charge is 2.09. The average molecular weight is 278 g/mol. The van der Waals surface area contributed by atoms with Crippen molar-refractivity contribution in [2.24, 2.45) is 0 Å². The van der Waals surface area contributed by atoms with E-state index in [1.54, 1.807) is 6.92 Å². The van der Waals surface area contributed by atoms with Crippen molar-refractivity contribution in [1.29, 1.82) is 0 Å². The Balaban J connectivity index is 0.00000180. The lowest BCUT2D eigenvalue weighted by Gasteiger charge is -2.11. The van der Waals surface area contributed by atoms with Crippen molar-refractivity contribution in [2.75, 3.05) is 5.32 Å². The number of aliphatic carboxylic acids is 1. The third kappa shape index (κ3) is 4.00. The third-order valence-electron chi connectivity index (χ3n) is 2.75. The fraction of sp³-hybridized carbons (Fsp3) is 0.133. The Morgan fingerprint density at radius 3 is 2.05 bits per heavy atom. The molecule has 19 heavy (non-hydrogen) atoms. The van der Waals surface area contributed by atoms with Crippen LogP contribution >= 0.6 is 12.4 Å². The SMILES string of the molecule is C[C@H](Nc1ccc(-c2ccccc2)cc1)C(=O)O.Cl. The minimum absolute atomic E-state index is 0. The Morgan fingerprint density at radius 2 is 1.53 bits per heavy atom. The molecule has 0 aliphatic carbocycles. The fourth-order valence-electron chi connectivity index (χ4n) is 1.70. The molecule has 2 rings (SSSR count). The summed E-state index contributed by atoms with van der Waals surface area (Å²) in [5.74, 6) is -0.859. The summed E-state index contributed by atoms with van der Waals surface area (Å²) >= 11 is 0. The van der Waals surface area contributed by atoms with Crippen LogP contribution in [0.4, 0.5) is 5.69 Å². The van der Waals surface area contributed by atoms with Crippen molar-refractivity contribution in [1.82, 2.24) is 0 Å². The number of halogens is 1. The van der Waals surface area contributed by atoms with Crippen LogP contribution in [-0.4, -0.2) is 17.1 Å². The van der Waals surface area contributed by atoms with Crippen LogP contribution in [0.5, 0.6) is 0 Å². The van der Waals surface area contributed by atoms with E-state index in [-0.39, 0.29) is 12.4 Å². The molecule has 0 unspecified atom stereocenters. The zero-order valence-electron chi connectivity index (χ0n) is 10.5. The minimum atomic E-state index is -0.859. The number of rotatable bonds is 4. The predicted molar refractivity (Wildman–Crippen MR) is 79.8 cm³/mol. The number of nitrogens with one attached hydrogen (secondary N) is 1. The normalized spacial score (nSPS) is 11.2. The van der Waals surface area contributed by atoms with Gasteiger partial charge in [-0.25, -0.2) is 0 Å². The van der Waals surface area contributed by atoms with Gasteiger partial charge in [-0.3, -0.25) is 4.79 Å². The van der Waals surface area contributed by atoms with Crippen LogP contribution in [0.2, 0.25) is 0 Å². The Kier molecular flexibility index (Phi) is 5.39. The molecule has 4 heteroatoms. The van der Waals surface area contributed by atoms with Crippen LogP contribution in [-0.2, 0) is 4.79 Å². The number of anilines is 1. The first-order valence-electron chi connectivity index (χ1n) is 5.81. The number of carbonyl (C=O) groups is 1. The van der Waals surface area contributed by atoms with Gasteiger partial charge in [-0.1, -0.05) is 42.5 Å². The van der Waals surface area contributed by atoms with Gasteiger partial charge in [0.05, 0.1) is 0 Å². The molecular weight excluding hydrogens is 262 g/mol. The van der Waals surface area contributed by atoms with Gasteiger partial charge in [-0.05, 0) is 30.2 Å². The quantitative estimate of drug-likeness (QED) is 0.897. The summed E-state index contributed by atoms with van der Waals surface area (Å²) in [4.78, 5) is 10.7. The van der Waals surface area contributed by atoms with Gasteiger partial charge in [-0.2, -0.15) is 0 Å². The monoisotopic (exact) mass is 277 g/mol. The van der Waals surface area contributed by atoms with E-state index in [1.807, 2.05) is 54.6 Å². The maximum Gasteiger partial charge on any atom is 0.325 e. The van der Waals surface area contributed by atoms with Gasteiger partial charge in [0.2, 0.25) is 0 Å². The number of carboxylic acids is 1. The largest absolute Gasteiger partial charge is 0.480 e. The molecule has 2 N–H and O–H groups in total. The summed E-state index contributed by atoms with van der Waals surface area (Å²) < 4.78 is 0. The molecular formula is C15H16ClNO2. The zero-order valence-corrected chi connectivity index (χ0v) is 11.4. The highest BCUT2D eigenvalue weighted by Crippen LogP contribution is 2.21. The summed E-state index contributed by atoms with van der Waals surface area (Å²) in [6, 6.07) is 17.2. The summed E-state index contributed by atoms with van der Waals surface area (Å²) in [6.07, 6.45) is 0. The molecule has 0 bridgehead atoms. The molecule has 0 amide bonds. The molecule has 0 aliphatic heterocycles. The molecule has 100 valence electrons. The Labute approximate surface area is 118 Å². The van der Waals surface area contributed by atoms with E-state index in [9.17, 15) is 4.79 Å². The first-order valence-corrected chi connectivity index (χ1v) is 5.81. The lowest BCUT2D eigenvalue weighted by molar-refractivity contribution is -0.137. The molecule has 0 saturated carbocycles. The van der Waals surface area contributed by atoms with Crippen LogP contribution in [0.3, 0.4) is 0 Å². The summed E-state index contributed by atoms with van der Waals surface area (Å²) in [5, 5.41) is 11.7. The predicted octanol–water partition coefficient (Wildman–Crippen LogP) is 3.66. The summed E-state index contributed by atoms with van der Waals surface area (Å²) in [6.45, 7) is 1.62. The molecule has 1 atom stereocenters.